The van der Waals surface area contributed by atoms with E-state index in [0.29, 0.717) is 0 Å². The van der Waals surface area contributed by atoms with E-state index < -0.39 is 0 Å². The molecule has 84 valence electrons. The first-order chi connectivity index (χ1) is 7.17. The van der Waals surface area contributed by atoms with Crippen molar-refractivity contribution in [1.82, 2.24) is 0 Å². The maximum Gasteiger partial charge on any atom is 0.00628 e. The Hall–Kier alpha value is -0.300. The summed E-state index contributed by atoms with van der Waals surface area (Å²) in [6, 6.07) is 6.77. The molecule has 1 aromatic carbocycles. The van der Waals surface area contributed by atoms with Gasteiger partial charge >= 0.3 is 0 Å². The minimum Gasteiger partial charge on any atom is -0.0925 e. The van der Waals surface area contributed by atoms with Crippen LogP contribution in [0.1, 0.15) is 36.5 Å². The van der Waals surface area contributed by atoms with Gasteiger partial charge < -0.3 is 0 Å². The van der Waals surface area contributed by atoms with E-state index in [1.54, 1.807) is 0 Å². The average molecular weight is 269 g/mol. The Morgan fingerprint density at radius 2 is 2.00 bits per heavy atom. The number of hydrogen-bond donors (Lipinski definition) is 0. The summed E-state index contributed by atoms with van der Waals surface area (Å²) < 4.78 is 0. The van der Waals surface area contributed by atoms with E-state index >= 15 is 0 Å². The maximum atomic E-state index is 3.62. The summed E-state index contributed by atoms with van der Waals surface area (Å²) in [6.45, 7) is 6.65. The Morgan fingerprint density at radius 1 is 1.27 bits per heavy atom. The summed E-state index contributed by atoms with van der Waals surface area (Å²) in [4.78, 5) is 0. The second-order valence-electron chi connectivity index (χ2n) is 4.44. The molecule has 0 fully saturated rings. The second-order valence-corrected chi connectivity index (χ2v) is 5.09. The molecule has 0 aliphatic carbocycles. The molecule has 0 nitrogen and oxygen atoms in total. The van der Waals surface area contributed by atoms with Gasteiger partial charge in [0.25, 0.3) is 0 Å². The van der Waals surface area contributed by atoms with Crippen molar-refractivity contribution in [3.05, 3.63) is 34.9 Å². The van der Waals surface area contributed by atoms with Crippen molar-refractivity contribution in [2.75, 3.05) is 5.33 Å². The minimum absolute atomic E-state index is 0.787. The van der Waals surface area contributed by atoms with E-state index in [0.717, 1.165) is 11.2 Å². The quantitative estimate of drug-likeness (QED) is 0.682. The average Bonchev–Trinajstić information content (AvgIpc) is 2.22. The number of aryl methyl sites for hydroxylation is 2. The van der Waals surface area contributed by atoms with E-state index in [2.05, 4.69) is 54.9 Å². The van der Waals surface area contributed by atoms with E-state index in [4.69, 9.17) is 0 Å². The summed E-state index contributed by atoms with van der Waals surface area (Å²) in [5, 5.41) is 1.12. The first-order valence-corrected chi connectivity index (χ1v) is 6.91. The standard InChI is InChI=1S/C14H21Br/c1-4-5-13(10-15)9-14-8-11(2)6-7-12(14)3/h6-8,13H,4-5,9-10H2,1-3H3. The topological polar surface area (TPSA) is 0 Å². The Bertz CT molecular complexity index is 304. The molecule has 0 saturated carbocycles. The maximum absolute atomic E-state index is 3.62. The summed E-state index contributed by atoms with van der Waals surface area (Å²) >= 11 is 3.62. The zero-order valence-electron chi connectivity index (χ0n) is 10.0. The van der Waals surface area contributed by atoms with Gasteiger partial charge in [0, 0.05) is 5.33 Å². The molecule has 0 spiro atoms. The molecule has 0 aromatic heterocycles. The van der Waals surface area contributed by atoms with Crippen LogP contribution in [0, 0.1) is 19.8 Å². The molecule has 15 heavy (non-hydrogen) atoms. The van der Waals surface area contributed by atoms with E-state index in [-0.39, 0.29) is 0 Å². The zero-order chi connectivity index (χ0) is 11.3. The molecule has 0 bridgehead atoms. The van der Waals surface area contributed by atoms with Gasteiger partial charge in [0.1, 0.15) is 0 Å². The van der Waals surface area contributed by atoms with Crippen LogP contribution in [-0.2, 0) is 6.42 Å². The van der Waals surface area contributed by atoms with Crippen LogP contribution in [0.15, 0.2) is 18.2 Å². The third kappa shape index (κ3) is 3.98. The normalized spacial score (nSPS) is 12.8. The fraction of sp³-hybridized carbons (Fsp3) is 0.571. The van der Waals surface area contributed by atoms with Crippen LogP contribution in [0.3, 0.4) is 0 Å². The Morgan fingerprint density at radius 3 is 2.60 bits per heavy atom. The summed E-state index contributed by atoms with van der Waals surface area (Å²) in [7, 11) is 0. The first kappa shape index (κ1) is 12.8. The lowest BCUT2D eigenvalue weighted by Crippen LogP contribution is -2.07. The van der Waals surface area contributed by atoms with Gasteiger partial charge in [-0.3, -0.25) is 0 Å². The highest BCUT2D eigenvalue weighted by atomic mass is 79.9. The zero-order valence-corrected chi connectivity index (χ0v) is 11.6. The van der Waals surface area contributed by atoms with Crippen molar-refractivity contribution in [2.24, 2.45) is 5.92 Å². The van der Waals surface area contributed by atoms with Gasteiger partial charge in [-0.15, -0.1) is 0 Å². The van der Waals surface area contributed by atoms with Crippen LogP contribution in [0.25, 0.3) is 0 Å². The molecular formula is C14H21Br. The van der Waals surface area contributed by atoms with E-state index in [9.17, 15) is 0 Å². The molecule has 1 heteroatoms. The van der Waals surface area contributed by atoms with Crippen molar-refractivity contribution in [2.45, 2.75) is 40.0 Å². The molecule has 1 unspecified atom stereocenters. The van der Waals surface area contributed by atoms with Crippen molar-refractivity contribution >= 4 is 15.9 Å². The van der Waals surface area contributed by atoms with Crippen LogP contribution < -0.4 is 0 Å². The molecule has 0 amide bonds. The van der Waals surface area contributed by atoms with Gasteiger partial charge in [-0.05, 0) is 43.7 Å². The van der Waals surface area contributed by atoms with Gasteiger partial charge in [-0.2, -0.15) is 0 Å². The van der Waals surface area contributed by atoms with Crippen LogP contribution >= 0.6 is 15.9 Å². The molecule has 1 atom stereocenters. The Kier molecular flexibility index (Phi) is 5.38. The molecule has 1 aromatic rings. The minimum atomic E-state index is 0.787. The number of hydrogen-bond acceptors (Lipinski definition) is 0. The van der Waals surface area contributed by atoms with Crippen LogP contribution in [0.2, 0.25) is 0 Å². The van der Waals surface area contributed by atoms with E-state index in [1.807, 2.05) is 0 Å². The molecule has 0 radical (unpaired) electrons. The summed E-state index contributed by atoms with van der Waals surface area (Å²) in [5.74, 6) is 0.787. The molecule has 0 N–H and O–H groups in total. The molecule has 0 aliphatic rings. The number of rotatable bonds is 5. The molecule has 0 aliphatic heterocycles. The van der Waals surface area contributed by atoms with Gasteiger partial charge in [0.15, 0.2) is 0 Å². The van der Waals surface area contributed by atoms with Crippen molar-refractivity contribution in [3.63, 3.8) is 0 Å². The summed E-state index contributed by atoms with van der Waals surface area (Å²) in [6.07, 6.45) is 3.81. The van der Waals surface area contributed by atoms with Gasteiger partial charge in [-0.25, -0.2) is 0 Å². The van der Waals surface area contributed by atoms with Crippen LogP contribution in [-0.4, -0.2) is 5.33 Å². The largest absolute Gasteiger partial charge is 0.0925 e. The van der Waals surface area contributed by atoms with Crippen LogP contribution in [0.5, 0.6) is 0 Å². The molecule has 1 rings (SSSR count). The number of halogens is 1. The number of alkyl halides is 1. The smallest absolute Gasteiger partial charge is 0.00628 e. The Labute approximate surface area is 102 Å². The van der Waals surface area contributed by atoms with Crippen molar-refractivity contribution in [3.8, 4) is 0 Å². The van der Waals surface area contributed by atoms with Crippen molar-refractivity contribution < 1.29 is 0 Å². The SMILES string of the molecule is CCCC(CBr)Cc1cc(C)ccc1C. The lowest BCUT2D eigenvalue weighted by molar-refractivity contribution is 0.533. The third-order valence-electron chi connectivity index (χ3n) is 2.93. The molecule has 0 saturated heterocycles. The predicted molar refractivity (Wildman–Crippen MR) is 71.8 cm³/mol. The van der Waals surface area contributed by atoms with Gasteiger partial charge in [-0.1, -0.05) is 53.0 Å². The highest BCUT2D eigenvalue weighted by Gasteiger charge is 2.08. The third-order valence-corrected chi connectivity index (χ3v) is 3.84. The van der Waals surface area contributed by atoms with Crippen LogP contribution in [0.4, 0.5) is 0 Å². The molecular weight excluding hydrogens is 248 g/mol. The molecule has 0 heterocycles. The fourth-order valence-electron chi connectivity index (χ4n) is 1.97. The Balaban J connectivity index is 2.73. The number of benzene rings is 1. The fourth-order valence-corrected chi connectivity index (χ4v) is 2.53. The van der Waals surface area contributed by atoms with Gasteiger partial charge in [0.05, 0.1) is 0 Å². The highest BCUT2D eigenvalue weighted by Crippen LogP contribution is 2.20. The van der Waals surface area contributed by atoms with Crippen molar-refractivity contribution in [1.29, 1.82) is 0 Å². The monoisotopic (exact) mass is 268 g/mol. The second kappa shape index (κ2) is 6.32. The lowest BCUT2D eigenvalue weighted by atomic mass is 9.93. The lowest BCUT2D eigenvalue weighted by Gasteiger charge is -2.15. The van der Waals surface area contributed by atoms with E-state index in [1.165, 1.54) is 36.0 Å². The highest BCUT2D eigenvalue weighted by molar-refractivity contribution is 9.09. The summed E-state index contributed by atoms with van der Waals surface area (Å²) in [5.41, 5.74) is 4.33. The van der Waals surface area contributed by atoms with Gasteiger partial charge in [0.2, 0.25) is 0 Å². The predicted octanol–water partition coefficient (Wildman–Crippen LogP) is 4.66. The first-order valence-electron chi connectivity index (χ1n) is 5.79.